The normalized spacial score (nSPS) is 10.8. The van der Waals surface area contributed by atoms with Crippen LogP contribution in [0.25, 0.3) is 11.3 Å². The van der Waals surface area contributed by atoms with E-state index in [1.807, 2.05) is 0 Å². The SMILES string of the molecule is COCc1ccc(F)c(-c2cc(N)n[nH]2)c1F. The lowest BCUT2D eigenvalue weighted by Crippen LogP contribution is -1.98. The maximum atomic E-state index is 14.0. The van der Waals surface area contributed by atoms with E-state index in [-0.39, 0.29) is 29.2 Å². The van der Waals surface area contributed by atoms with Crippen molar-refractivity contribution in [3.8, 4) is 11.3 Å². The van der Waals surface area contributed by atoms with Gasteiger partial charge in [-0.25, -0.2) is 8.78 Å². The zero-order valence-corrected chi connectivity index (χ0v) is 9.13. The number of ether oxygens (including phenoxy) is 1. The molecule has 3 N–H and O–H groups in total. The van der Waals surface area contributed by atoms with E-state index in [0.717, 1.165) is 0 Å². The molecule has 6 heteroatoms. The number of hydrogen-bond donors (Lipinski definition) is 2. The van der Waals surface area contributed by atoms with Crippen molar-refractivity contribution in [3.05, 3.63) is 35.4 Å². The molecule has 0 unspecified atom stereocenters. The summed E-state index contributed by atoms with van der Waals surface area (Å²) in [6.07, 6.45) is 0. The van der Waals surface area contributed by atoms with Crippen molar-refractivity contribution in [3.63, 3.8) is 0 Å². The third-order valence-corrected chi connectivity index (χ3v) is 2.34. The molecular formula is C11H11F2N3O. The summed E-state index contributed by atoms with van der Waals surface area (Å²) in [7, 11) is 1.44. The molecule has 0 bridgehead atoms. The summed E-state index contributed by atoms with van der Waals surface area (Å²) in [5.41, 5.74) is 5.70. The zero-order chi connectivity index (χ0) is 12.4. The van der Waals surface area contributed by atoms with Gasteiger partial charge in [-0.15, -0.1) is 0 Å². The molecule has 17 heavy (non-hydrogen) atoms. The van der Waals surface area contributed by atoms with Crippen molar-refractivity contribution in [1.82, 2.24) is 10.2 Å². The molecule has 0 fully saturated rings. The average molecular weight is 239 g/mol. The quantitative estimate of drug-likeness (QED) is 0.861. The molecule has 2 aromatic rings. The molecular weight excluding hydrogens is 228 g/mol. The van der Waals surface area contributed by atoms with Gasteiger partial charge in [-0.05, 0) is 6.07 Å². The molecule has 0 aliphatic rings. The maximum absolute atomic E-state index is 14.0. The maximum Gasteiger partial charge on any atom is 0.145 e. The first kappa shape index (κ1) is 11.5. The van der Waals surface area contributed by atoms with Gasteiger partial charge in [0.2, 0.25) is 0 Å². The van der Waals surface area contributed by atoms with Crippen LogP contribution in [0.15, 0.2) is 18.2 Å². The molecule has 1 heterocycles. The Morgan fingerprint density at radius 3 is 2.76 bits per heavy atom. The highest BCUT2D eigenvalue weighted by Gasteiger charge is 2.17. The summed E-state index contributed by atoms with van der Waals surface area (Å²) >= 11 is 0. The number of hydrogen-bond acceptors (Lipinski definition) is 3. The van der Waals surface area contributed by atoms with E-state index >= 15 is 0 Å². The average Bonchev–Trinajstić information content (AvgIpc) is 2.69. The van der Waals surface area contributed by atoms with Gasteiger partial charge in [-0.3, -0.25) is 5.10 Å². The predicted molar refractivity (Wildman–Crippen MR) is 59.1 cm³/mol. The van der Waals surface area contributed by atoms with Crippen LogP contribution in [0, 0.1) is 11.6 Å². The van der Waals surface area contributed by atoms with Crippen LogP contribution in [0.2, 0.25) is 0 Å². The van der Waals surface area contributed by atoms with E-state index in [0.29, 0.717) is 0 Å². The Labute approximate surface area is 96.4 Å². The number of anilines is 1. The number of H-pyrrole nitrogens is 1. The Morgan fingerprint density at radius 2 is 2.18 bits per heavy atom. The van der Waals surface area contributed by atoms with Crippen LogP contribution in [0.4, 0.5) is 14.6 Å². The van der Waals surface area contributed by atoms with Gasteiger partial charge in [-0.1, -0.05) is 6.07 Å². The summed E-state index contributed by atoms with van der Waals surface area (Å²) in [6, 6.07) is 3.90. The molecule has 1 aromatic heterocycles. The molecule has 0 saturated carbocycles. The lowest BCUT2D eigenvalue weighted by molar-refractivity contribution is 0.181. The van der Waals surface area contributed by atoms with Crippen LogP contribution in [-0.2, 0) is 11.3 Å². The minimum atomic E-state index is -0.675. The molecule has 0 aliphatic heterocycles. The van der Waals surface area contributed by atoms with Gasteiger partial charge in [0.1, 0.15) is 17.5 Å². The fraction of sp³-hybridized carbons (Fsp3) is 0.182. The molecule has 90 valence electrons. The number of nitrogens with zero attached hydrogens (tertiary/aromatic N) is 1. The molecule has 0 saturated heterocycles. The summed E-state index contributed by atoms with van der Waals surface area (Å²) in [5, 5.41) is 6.12. The first-order chi connectivity index (χ1) is 8.13. The highest BCUT2D eigenvalue weighted by Crippen LogP contribution is 2.27. The van der Waals surface area contributed by atoms with E-state index in [9.17, 15) is 8.78 Å². The van der Waals surface area contributed by atoms with Crippen molar-refractivity contribution in [2.45, 2.75) is 6.61 Å². The van der Waals surface area contributed by atoms with Gasteiger partial charge in [0.15, 0.2) is 0 Å². The number of nitrogens with one attached hydrogen (secondary N) is 1. The van der Waals surface area contributed by atoms with Crippen LogP contribution < -0.4 is 5.73 Å². The number of nitrogen functional groups attached to an aromatic ring is 1. The predicted octanol–water partition coefficient (Wildman–Crippen LogP) is 2.08. The third kappa shape index (κ3) is 2.12. The van der Waals surface area contributed by atoms with Gasteiger partial charge in [0, 0.05) is 18.7 Å². The molecule has 2 rings (SSSR count). The monoisotopic (exact) mass is 239 g/mol. The van der Waals surface area contributed by atoms with Crippen molar-refractivity contribution in [1.29, 1.82) is 0 Å². The second-order valence-electron chi connectivity index (χ2n) is 3.53. The zero-order valence-electron chi connectivity index (χ0n) is 9.13. The second kappa shape index (κ2) is 4.50. The Morgan fingerprint density at radius 1 is 1.41 bits per heavy atom. The van der Waals surface area contributed by atoms with Gasteiger partial charge < -0.3 is 10.5 Å². The Bertz CT molecular complexity index is 540. The summed E-state index contributed by atoms with van der Waals surface area (Å²) in [5.74, 6) is -1.17. The Kier molecular flexibility index (Phi) is 3.06. The first-order valence-electron chi connectivity index (χ1n) is 4.90. The van der Waals surface area contributed by atoms with E-state index in [2.05, 4.69) is 10.2 Å². The van der Waals surface area contributed by atoms with Crippen molar-refractivity contribution < 1.29 is 13.5 Å². The molecule has 0 atom stereocenters. The van der Waals surface area contributed by atoms with Crippen LogP contribution in [0.3, 0.4) is 0 Å². The number of aromatic amines is 1. The van der Waals surface area contributed by atoms with Crippen LogP contribution in [-0.4, -0.2) is 17.3 Å². The number of benzene rings is 1. The van der Waals surface area contributed by atoms with Crippen LogP contribution >= 0.6 is 0 Å². The Hall–Kier alpha value is -1.95. The highest BCUT2D eigenvalue weighted by atomic mass is 19.1. The van der Waals surface area contributed by atoms with E-state index in [1.165, 1.54) is 25.3 Å². The molecule has 0 radical (unpaired) electrons. The first-order valence-corrected chi connectivity index (χ1v) is 4.90. The number of aromatic nitrogens is 2. The van der Waals surface area contributed by atoms with E-state index < -0.39 is 11.6 Å². The standard InChI is InChI=1S/C11H11F2N3O/c1-17-5-6-2-3-7(12)10(11(6)13)8-4-9(14)16-15-8/h2-4H,5H2,1H3,(H3,14,15,16). The minimum Gasteiger partial charge on any atom is -0.382 e. The van der Waals surface area contributed by atoms with Gasteiger partial charge in [0.05, 0.1) is 17.9 Å². The second-order valence-corrected chi connectivity index (χ2v) is 3.53. The fourth-order valence-electron chi connectivity index (χ4n) is 1.57. The summed E-state index contributed by atoms with van der Waals surface area (Å²) in [6.45, 7) is 0.0722. The largest absolute Gasteiger partial charge is 0.382 e. The molecule has 0 aliphatic carbocycles. The van der Waals surface area contributed by atoms with Gasteiger partial charge in [-0.2, -0.15) is 5.10 Å². The van der Waals surface area contributed by atoms with Crippen LogP contribution in [0.1, 0.15) is 5.56 Å². The fourth-order valence-corrected chi connectivity index (χ4v) is 1.57. The van der Waals surface area contributed by atoms with Crippen molar-refractivity contribution >= 4 is 5.82 Å². The van der Waals surface area contributed by atoms with Crippen LogP contribution in [0.5, 0.6) is 0 Å². The lowest BCUT2D eigenvalue weighted by atomic mass is 10.1. The van der Waals surface area contributed by atoms with Crippen molar-refractivity contribution in [2.75, 3.05) is 12.8 Å². The number of nitrogens with two attached hydrogens (primary N) is 1. The highest BCUT2D eigenvalue weighted by molar-refractivity contribution is 5.64. The van der Waals surface area contributed by atoms with E-state index in [4.69, 9.17) is 10.5 Å². The summed E-state index contributed by atoms with van der Waals surface area (Å²) < 4.78 is 32.4. The third-order valence-electron chi connectivity index (χ3n) is 2.34. The molecule has 4 nitrogen and oxygen atoms in total. The van der Waals surface area contributed by atoms with Gasteiger partial charge in [0.25, 0.3) is 0 Å². The lowest BCUT2D eigenvalue weighted by Gasteiger charge is -2.07. The molecule has 0 amide bonds. The topological polar surface area (TPSA) is 63.9 Å². The smallest absolute Gasteiger partial charge is 0.145 e. The summed E-state index contributed by atoms with van der Waals surface area (Å²) in [4.78, 5) is 0. The molecule has 1 aromatic carbocycles. The van der Waals surface area contributed by atoms with Gasteiger partial charge >= 0.3 is 0 Å². The number of rotatable bonds is 3. The number of methoxy groups -OCH3 is 1. The Balaban J connectivity index is 2.55. The number of halogens is 2. The van der Waals surface area contributed by atoms with Crippen molar-refractivity contribution in [2.24, 2.45) is 0 Å². The minimum absolute atomic E-state index is 0.0722. The molecule has 0 spiro atoms. The van der Waals surface area contributed by atoms with E-state index in [1.54, 1.807) is 0 Å².